The molecule has 2 saturated carbocycles. The lowest BCUT2D eigenvalue weighted by Crippen LogP contribution is -2.52. The summed E-state index contributed by atoms with van der Waals surface area (Å²) >= 11 is 0. The highest BCUT2D eigenvalue weighted by Crippen LogP contribution is 2.36. The molecule has 1 unspecified atom stereocenters. The van der Waals surface area contributed by atoms with Gasteiger partial charge >= 0.3 is 11.9 Å². The first kappa shape index (κ1) is 22.2. The molecule has 2 fully saturated rings. The van der Waals surface area contributed by atoms with Gasteiger partial charge in [-0.2, -0.15) is 19.4 Å². The topological polar surface area (TPSA) is 104 Å². The van der Waals surface area contributed by atoms with Crippen LogP contribution < -0.4 is 4.72 Å². The Morgan fingerprint density at radius 1 is 1.24 bits per heavy atom. The summed E-state index contributed by atoms with van der Waals surface area (Å²) in [6.07, 6.45) is 14.1. The van der Waals surface area contributed by atoms with E-state index in [1.54, 1.807) is 40.9 Å². The van der Waals surface area contributed by atoms with Gasteiger partial charge in [-0.3, -0.25) is 4.68 Å². The third-order valence-electron chi connectivity index (χ3n) is 7.04. The summed E-state index contributed by atoms with van der Waals surface area (Å²) in [7, 11) is -1.92. The van der Waals surface area contributed by atoms with Crippen LogP contribution in [0, 0.1) is 5.92 Å². The van der Waals surface area contributed by atoms with Gasteiger partial charge in [0.2, 0.25) is 10.0 Å². The third kappa shape index (κ3) is 4.33. The van der Waals surface area contributed by atoms with Crippen LogP contribution in [0.1, 0.15) is 51.0 Å². The molecule has 0 spiro atoms. The number of nitrogens with one attached hydrogen (secondary N) is 1. The average Bonchev–Trinajstić information content (AvgIpc) is 3.14. The minimum atomic E-state index is -3.69. The molecule has 0 bridgehead atoms. The third-order valence-corrected chi connectivity index (χ3v) is 8.83. The van der Waals surface area contributed by atoms with Crippen LogP contribution in [0.25, 0.3) is 0 Å². The zero-order valence-electron chi connectivity index (χ0n) is 19.0. The number of aromatic nitrogens is 2. The fourth-order valence-corrected chi connectivity index (χ4v) is 6.50. The molecule has 176 valence electrons. The van der Waals surface area contributed by atoms with E-state index in [4.69, 9.17) is 0 Å². The molecule has 33 heavy (non-hydrogen) atoms. The van der Waals surface area contributed by atoms with E-state index in [0.29, 0.717) is 18.2 Å². The molecule has 0 saturated heterocycles. The van der Waals surface area contributed by atoms with Crippen LogP contribution in [0.5, 0.6) is 0 Å². The van der Waals surface area contributed by atoms with Gasteiger partial charge in [0.25, 0.3) is 0 Å². The maximum atomic E-state index is 13.5. The van der Waals surface area contributed by atoms with E-state index in [0.717, 1.165) is 44.1 Å². The number of hydrogen-bond acceptors (Lipinski definition) is 5. The Kier molecular flexibility index (Phi) is 5.40. The van der Waals surface area contributed by atoms with Crippen molar-refractivity contribution in [3.8, 4) is 0 Å². The second-order valence-electron chi connectivity index (χ2n) is 9.95. The van der Waals surface area contributed by atoms with Crippen molar-refractivity contribution >= 4 is 27.7 Å². The van der Waals surface area contributed by atoms with Gasteiger partial charge in [0.05, 0.1) is 12.7 Å². The first-order chi connectivity index (χ1) is 15.7. The number of fused-ring (bicyclic) bond motifs is 1. The molecule has 0 aromatic carbocycles. The second-order valence-corrected chi connectivity index (χ2v) is 11.8. The van der Waals surface area contributed by atoms with Gasteiger partial charge in [-0.25, -0.2) is 17.9 Å². The zero-order chi connectivity index (χ0) is 23.4. The number of amides is 3. The summed E-state index contributed by atoms with van der Waals surface area (Å²) in [6.45, 7) is 2.50. The van der Waals surface area contributed by atoms with Crippen molar-refractivity contribution in [1.82, 2.24) is 19.4 Å². The van der Waals surface area contributed by atoms with Crippen molar-refractivity contribution < 1.29 is 22.6 Å². The largest absolute Gasteiger partial charge is 0.501 e. The molecular weight excluding hydrogens is 442 g/mol. The number of nitrogens with zero attached hydrogens (tertiary/aromatic N) is 4. The number of urea groups is 1. The Balaban J connectivity index is 1.51. The molecule has 1 aromatic heterocycles. The molecule has 3 aliphatic carbocycles. The molecule has 2 heterocycles. The van der Waals surface area contributed by atoms with Crippen LogP contribution >= 0.6 is 0 Å². The van der Waals surface area contributed by atoms with Crippen molar-refractivity contribution in [2.45, 2.75) is 62.8 Å². The molecule has 1 aromatic rings. The lowest BCUT2D eigenvalue weighted by molar-refractivity contribution is -0.445. The zero-order valence-corrected chi connectivity index (χ0v) is 19.8. The molecule has 1 atom stereocenters. The Morgan fingerprint density at radius 2 is 1.97 bits per heavy atom. The van der Waals surface area contributed by atoms with E-state index in [1.807, 2.05) is 6.92 Å². The molecule has 10 heteroatoms. The molecular formula is C23H30N5O4S+. The molecule has 3 amide bonds. The van der Waals surface area contributed by atoms with Crippen LogP contribution in [0.2, 0.25) is 0 Å². The summed E-state index contributed by atoms with van der Waals surface area (Å²) in [5.74, 6) is -0.0915. The van der Waals surface area contributed by atoms with E-state index in [-0.39, 0.29) is 18.1 Å². The molecule has 0 radical (unpaired) electrons. The van der Waals surface area contributed by atoms with Crippen LogP contribution in [0.3, 0.4) is 0 Å². The fraction of sp³-hybridized carbons (Fsp3) is 0.565. The number of hydrogen-bond donors (Lipinski definition) is 1. The van der Waals surface area contributed by atoms with E-state index >= 15 is 0 Å². The van der Waals surface area contributed by atoms with Gasteiger partial charge in [0.1, 0.15) is 23.1 Å². The maximum absolute atomic E-state index is 13.5. The summed E-state index contributed by atoms with van der Waals surface area (Å²) in [5, 5.41) is 3.18. The molecule has 9 nitrogen and oxygen atoms in total. The van der Waals surface area contributed by atoms with Crippen molar-refractivity contribution in [2.75, 3.05) is 6.54 Å². The highest BCUT2D eigenvalue weighted by Gasteiger charge is 2.48. The van der Waals surface area contributed by atoms with Gasteiger partial charge in [0.15, 0.2) is 0 Å². The van der Waals surface area contributed by atoms with E-state index in [9.17, 15) is 18.0 Å². The van der Waals surface area contributed by atoms with Crippen LogP contribution in [0.4, 0.5) is 4.79 Å². The number of carbonyl (C=O) groups excluding carboxylic acids is 2. The predicted molar refractivity (Wildman–Crippen MR) is 122 cm³/mol. The van der Waals surface area contributed by atoms with E-state index in [2.05, 4.69) is 9.82 Å². The van der Waals surface area contributed by atoms with Gasteiger partial charge < -0.3 is 0 Å². The Bertz CT molecular complexity index is 1200. The molecule has 4 aliphatic rings. The van der Waals surface area contributed by atoms with Gasteiger partial charge in [-0.1, -0.05) is 18.9 Å². The molecule has 1 aliphatic heterocycles. The number of rotatable bonds is 7. The molecule has 1 N–H and O–H groups in total. The van der Waals surface area contributed by atoms with Crippen LogP contribution in [-0.4, -0.2) is 62.7 Å². The van der Waals surface area contributed by atoms with Crippen LogP contribution in [-0.2, 0) is 28.4 Å². The maximum Gasteiger partial charge on any atom is 0.501 e. The van der Waals surface area contributed by atoms with Crippen molar-refractivity contribution in [1.29, 1.82) is 0 Å². The van der Waals surface area contributed by atoms with Crippen molar-refractivity contribution in [3.63, 3.8) is 0 Å². The monoisotopic (exact) mass is 472 g/mol. The normalized spacial score (nSPS) is 25.0. The van der Waals surface area contributed by atoms with Gasteiger partial charge in [-0.15, -0.1) is 0 Å². The van der Waals surface area contributed by atoms with Crippen molar-refractivity contribution in [3.05, 3.63) is 41.8 Å². The summed E-state index contributed by atoms with van der Waals surface area (Å²) in [6, 6.07) is -0.363. The first-order valence-corrected chi connectivity index (χ1v) is 13.1. The highest BCUT2D eigenvalue weighted by atomic mass is 32.2. The van der Waals surface area contributed by atoms with Gasteiger partial charge in [-0.05, 0) is 50.7 Å². The number of sulfonamides is 1. The lowest BCUT2D eigenvalue weighted by Gasteiger charge is -2.27. The smallest absolute Gasteiger partial charge is 0.275 e. The highest BCUT2D eigenvalue weighted by molar-refractivity contribution is 7.90. The minimum Gasteiger partial charge on any atom is -0.275 e. The predicted octanol–water partition coefficient (Wildman–Crippen LogP) is 1.86. The lowest BCUT2D eigenvalue weighted by atomic mass is 9.98. The second kappa shape index (κ2) is 8.02. The summed E-state index contributed by atoms with van der Waals surface area (Å²) in [4.78, 5) is 28.1. The Morgan fingerprint density at radius 3 is 2.61 bits per heavy atom. The van der Waals surface area contributed by atoms with E-state index < -0.39 is 26.7 Å². The minimum absolute atomic E-state index is 0.0920. The van der Waals surface area contributed by atoms with Crippen LogP contribution in [0.15, 0.2) is 36.2 Å². The Hall–Kier alpha value is -2.59. The van der Waals surface area contributed by atoms with Crippen molar-refractivity contribution in [2.24, 2.45) is 13.0 Å². The fourth-order valence-electron chi connectivity index (χ4n) is 4.88. The van der Waals surface area contributed by atoms with Gasteiger partial charge in [0, 0.05) is 24.3 Å². The quantitative estimate of drug-likeness (QED) is 0.610. The number of carbonyl (C=O) groups is 2. The number of imide groups is 1. The average molecular weight is 473 g/mol. The Labute approximate surface area is 193 Å². The number of aryl methyl sites for hydroxylation is 1. The summed E-state index contributed by atoms with van der Waals surface area (Å²) in [5.41, 5.74) is 1.12. The van der Waals surface area contributed by atoms with E-state index in [1.165, 1.54) is 11.0 Å². The SMILES string of the molecule is Cn1cc(CN2C(=O)C3=CC(S(=O)(=O)NC4(C)CC4)C=CC3=[N+](CC3CCCC3)C2=O)cn1. The first-order valence-electron chi connectivity index (χ1n) is 11.6. The molecule has 5 rings (SSSR count). The summed E-state index contributed by atoms with van der Waals surface area (Å²) < 4.78 is 32.0. The standard InChI is InChI=1S/C23H30N5O4S/c1-23(9-10-23)25-33(31,32)18-7-8-20-19(11-18)21(29)28(15-17-12-24-26(2)13-17)22(30)27(20)14-16-5-3-4-6-16/h7-8,11-13,16,18,25H,3-6,9-10,14-15H2,1-2H3/q+1. The number of allylic oxidation sites excluding steroid dienone is 1.